The maximum atomic E-state index is 12.5. The minimum absolute atomic E-state index is 0.147. The Hall–Kier alpha value is -1.35. The fraction of sp³-hybridized carbons (Fsp3) is 0.562. The van der Waals surface area contributed by atoms with Crippen molar-refractivity contribution < 1.29 is 4.79 Å². The van der Waals surface area contributed by atoms with Crippen LogP contribution in [-0.2, 0) is 4.79 Å². The fourth-order valence-electron chi connectivity index (χ4n) is 3.14. The lowest BCUT2D eigenvalue weighted by Gasteiger charge is -2.29. The summed E-state index contributed by atoms with van der Waals surface area (Å²) in [5, 5.41) is 0. The highest BCUT2D eigenvalue weighted by Gasteiger charge is 2.47. The number of likely N-dealkylation sites (tertiary alicyclic amines) is 1. The van der Waals surface area contributed by atoms with Crippen LogP contribution in [0.3, 0.4) is 0 Å². The van der Waals surface area contributed by atoms with Crippen molar-refractivity contribution in [2.45, 2.75) is 37.6 Å². The molecule has 3 rings (SSSR count). The molecule has 1 aromatic rings. The second kappa shape index (κ2) is 4.64. The SMILES string of the molecule is CC(N)(C(=O)N1CCC(c2ccccc2)C1)C1CC1. The predicted molar refractivity (Wildman–Crippen MR) is 75.7 cm³/mol. The van der Waals surface area contributed by atoms with Gasteiger partial charge in [-0.1, -0.05) is 30.3 Å². The molecule has 1 aromatic carbocycles. The van der Waals surface area contributed by atoms with Gasteiger partial charge in [-0.15, -0.1) is 0 Å². The molecule has 1 aliphatic heterocycles. The Morgan fingerprint density at radius 1 is 1.26 bits per heavy atom. The Kier molecular flexibility index (Phi) is 3.09. The average Bonchev–Trinajstić information content (AvgIpc) is 3.18. The molecule has 0 spiro atoms. The number of nitrogens with zero attached hydrogens (tertiary/aromatic N) is 1. The molecule has 3 nitrogen and oxygen atoms in total. The Labute approximate surface area is 114 Å². The van der Waals surface area contributed by atoms with Gasteiger partial charge < -0.3 is 10.6 Å². The first-order valence-electron chi connectivity index (χ1n) is 7.22. The second-order valence-electron chi connectivity index (χ2n) is 6.20. The largest absolute Gasteiger partial charge is 0.340 e. The number of rotatable bonds is 3. The van der Waals surface area contributed by atoms with Crippen molar-refractivity contribution >= 4 is 5.91 Å². The molecule has 0 aromatic heterocycles. The summed E-state index contributed by atoms with van der Waals surface area (Å²) in [4.78, 5) is 14.5. The van der Waals surface area contributed by atoms with Crippen molar-refractivity contribution in [2.24, 2.45) is 11.7 Å². The minimum Gasteiger partial charge on any atom is -0.340 e. The van der Waals surface area contributed by atoms with Crippen LogP contribution in [0.2, 0.25) is 0 Å². The molecule has 2 aliphatic rings. The lowest BCUT2D eigenvalue weighted by molar-refractivity contribution is -0.136. The van der Waals surface area contributed by atoms with Crippen LogP contribution in [-0.4, -0.2) is 29.4 Å². The zero-order valence-corrected chi connectivity index (χ0v) is 11.5. The van der Waals surface area contributed by atoms with Gasteiger partial charge in [-0.25, -0.2) is 0 Å². The van der Waals surface area contributed by atoms with E-state index < -0.39 is 5.54 Å². The topological polar surface area (TPSA) is 46.3 Å². The molecule has 0 bridgehead atoms. The van der Waals surface area contributed by atoms with E-state index in [2.05, 4.69) is 24.3 Å². The monoisotopic (exact) mass is 258 g/mol. The molecule has 1 saturated carbocycles. The van der Waals surface area contributed by atoms with Crippen LogP contribution in [0, 0.1) is 5.92 Å². The molecule has 102 valence electrons. The van der Waals surface area contributed by atoms with Crippen molar-refractivity contribution in [2.75, 3.05) is 13.1 Å². The minimum atomic E-state index is -0.647. The highest BCUT2D eigenvalue weighted by atomic mass is 16.2. The molecular weight excluding hydrogens is 236 g/mol. The van der Waals surface area contributed by atoms with Crippen LogP contribution in [0.1, 0.15) is 37.7 Å². The zero-order valence-electron chi connectivity index (χ0n) is 11.5. The van der Waals surface area contributed by atoms with E-state index in [9.17, 15) is 4.79 Å². The third kappa shape index (κ3) is 2.39. The molecular formula is C16H22N2O. The summed E-state index contributed by atoms with van der Waals surface area (Å²) in [6, 6.07) is 10.5. The number of carbonyl (C=O) groups is 1. The molecule has 3 heteroatoms. The van der Waals surface area contributed by atoms with Gasteiger partial charge in [0.15, 0.2) is 0 Å². The maximum Gasteiger partial charge on any atom is 0.242 e. The van der Waals surface area contributed by atoms with E-state index in [-0.39, 0.29) is 5.91 Å². The smallest absolute Gasteiger partial charge is 0.242 e. The van der Waals surface area contributed by atoms with E-state index in [4.69, 9.17) is 5.73 Å². The zero-order chi connectivity index (χ0) is 13.5. The normalized spacial score (nSPS) is 26.2. The van der Waals surface area contributed by atoms with E-state index in [0.29, 0.717) is 11.8 Å². The van der Waals surface area contributed by atoms with Crippen molar-refractivity contribution in [3.63, 3.8) is 0 Å². The molecule has 2 N–H and O–H groups in total. The molecule has 0 radical (unpaired) electrons. The molecule has 2 atom stereocenters. The van der Waals surface area contributed by atoms with Crippen molar-refractivity contribution in [3.05, 3.63) is 35.9 Å². The van der Waals surface area contributed by atoms with Gasteiger partial charge in [0, 0.05) is 19.0 Å². The number of hydrogen-bond donors (Lipinski definition) is 1. The molecule has 1 heterocycles. The molecule has 2 fully saturated rings. The van der Waals surface area contributed by atoms with E-state index in [1.807, 2.05) is 17.9 Å². The van der Waals surface area contributed by atoms with Crippen LogP contribution in [0.4, 0.5) is 0 Å². The second-order valence-corrected chi connectivity index (χ2v) is 6.20. The van der Waals surface area contributed by atoms with Gasteiger partial charge in [0.2, 0.25) is 5.91 Å². The van der Waals surface area contributed by atoms with E-state index in [1.54, 1.807) is 0 Å². The van der Waals surface area contributed by atoms with Gasteiger partial charge in [-0.05, 0) is 37.7 Å². The summed E-state index contributed by atoms with van der Waals surface area (Å²) in [6.07, 6.45) is 3.26. The molecule has 1 saturated heterocycles. The molecule has 1 amide bonds. The summed E-state index contributed by atoms with van der Waals surface area (Å²) < 4.78 is 0. The standard InChI is InChI=1S/C16H22N2O/c1-16(17,14-7-8-14)15(19)18-10-9-13(11-18)12-5-3-2-4-6-12/h2-6,13-14H,7-11,17H2,1H3. The third-order valence-electron chi connectivity index (χ3n) is 4.63. The molecule has 1 aliphatic carbocycles. The van der Waals surface area contributed by atoms with Gasteiger partial charge >= 0.3 is 0 Å². The summed E-state index contributed by atoms with van der Waals surface area (Å²) >= 11 is 0. The Morgan fingerprint density at radius 2 is 1.95 bits per heavy atom. The molecule has 2 unspecified atom stereocenters. The van der Waals surface area contributed by atoms with Crippen molar-refractivity contribution in [1.82, 2.24) is 4.90 Å². The lowest BCUT2D eigenvalue weighted by Crippen LogP contribution is -2.54. The van der Waals surface area contributed by atoms with Gasteiger partial charge in [-0.3, -0.25) is 4.79 Å². The Morgan fingerprint density at radius 3 is 2.58 bits per heavy atom. The highest BCUT2D eigenvalue weighted by Crippen LogP contribution is 2.40. The Bertz CT molecular complexity index is 465. The third-order valence-corrected chi connectivity index (χ3v) is 4.63. The summed E-state index contributed by atoms with van der Waals surface area (Å²) in [5.41, 5.74) is 6.93. The van der Waals surface area contributed by atoms with Crippen LogP contribution >= 0.6 is 0 Å². The maximum absolute atomic E-state index is 12.5. The van der Waals surface area contributed by atoms with E-state index >= 15 is 0 Å². The summed E-state index contributed by atoms with van der Waals surface area (Å²) in [5.74, 6) is 1.02. The van der Waals surface area contributed by atoms with E-state index in [1.165, 1.54) is 5.56 Å². The number of benzene rings is 1. The van der Waals surface area contributed by atoms with Crippen molar-refractivity contribution in [1.29, 1.82) is 0 Å². The van der Waals surface area contributed by atoms with Crippen LogP contribution in [0.15, 0.2) is 30.3 Å². The van der Waals surface area contributed by atoms with Crippen LogP contribution in [0.25, 0.3) is 0 Å². The highest BCUT2D eigenvalue weighted by molar-refractivity contribution is 5.86. The first-order valence-corrected chi connectivity index (χ1v) is 7.22. The van der Waals surface area contributed by atoms with Gasteiger partial charge in [0.25, 0.3) is 0 Å². The van der Waals surface area contributed by atoms with Crippen molar-refractivity contribution in [3.8, 4) is 0 Å². The van der Waals surface area contributed by atoms with Crippen LogP contribution < -0.4 is 5.73 Å². The summed E-state index contributed by atoms with van der Waals surface area (Å²) in [7, 11) is 0. The summed E-state index contributed by atoms with van der Waals surface area (Å²) in [6.45, 7) is 3.57. The van der Waals surface area contributed by atoms with Crippen LogP contribution in [0.5, 0.6) is 0 Å². The number of carbonyl (C=O) groups excluding carboxylic acids is 1. The van der Waals surface area contributed by atoms with Gasteiger partial charge in [-0.2, -0.15) is 0 Å². The average molecular weight is 258 g/mol. The first-order chi connectivity index (χ1) is 9.09. The first kappa shape index (κ1) is 12.7. The Balaban J connectivity index is 1.67. The van der Waals surface area contributed by atoms with Gasteiger partial charge in [0.1, 0.15) is 0 Å². The molecule has 19 heavy (non-hydrogen) atoms. The fourth-order valence-corrected chi connectivity index (χ4v) is 3.14. The quantitative estimate of drug-likeness (QED) is 0.902. The number of amides is 1. The number of nitrogens with two attached hydrogens (primary N) is 1. The number of hydrogen-bond acceptors (Lipinski definition) is 2. The van der Waals surface area contributed by atoms with Gasteiger partial charge in [0.05, 0.1) is 5.54 Å². The lowest BCUT2D eigenvalue weighted by atomic mass is 9.95. The van der Waals surface area contributed by atoms with E-state index in [0.717, 1.165) is 32.4 Å². The predicted octanol–water partition coefficient (Wildman–Crippen LogP) is 2.13.